The summed E-state index contributed by atoms with van der Waals surface area (Å²) in [5.74, 6) is -3.69. The Labute approximate surface area is 176 Å². The van der Waals surface area contributed by atoms with Gasteiger partial charge in [0.15, 0.2) is 6.04 Å². The number of ether oxygens (including phenoxy) is 2. The second-order valence-electron chi connectivity index (χ2n) is 6.80. The van der Waals surface area contributed by atoms with Crippen LogP contribution in [0.15, 0.2) is 24.3 Å². The summed E-state index contributed by atoms with van der Waals surface area (Å²) in [6.45, 7) is 1.13. The average Bonchev–Trinajstić information content (AvgIpc) is 2.72. The van der Waals surface area contributed by atoms with E-state index in [1.807, 2.05) is 0 Å². The normalized spacial score (nSPS) is 25.5. The van der Waals surface area contributed by atoms with Gasteiger partial charge in [0, 0.05) is 0 Å². The first-order valence-corrected chi connectivity index (χ1v) is 9.28. The average molecular weight is 441 g/mol. The molecular weight excluding hydrogens is 418 g/mol. The number of nitrogens with zero attached hydrogens (tertiary/aromatic N) is 1. The summed E-state index contributed by atoms with van der Waals surface area (Å²) in [5.41, 5.74) is 0.386. The second kappa shape index (κ2) is 10.2. The molecule has 1 heterocycles. The van der Waals surface area contributed by atoms with Crippen LogP contribution in [0, 0.1) is 0 Å². The fourth-order valence-corrected chi connectivity index (χ4v) is 3.24. The summed E-state index contributed by atoms with van der Waals surface area (Å²) in [4.78, 5) is 47.7. The Morgan fingerprint density at radius 1 is 0.935 bits per heavy atom. The predicted octanol–water partition coefficient (Wildman–Crippen LogP) is -0.805. The number of carbonyl (C=O) groups is 4. The fourth-order valence-electron chi connectivity index (χ4n) is 3.24. The van der Waals surface area contributed by atoms with Crippen molar-refractivity contribution in [3.63, 3.8) is 0 Å². The van der Waals surface area contributed by atoms with Crippen LogP contribution in [0.3, 0.4) is 0 Å². The van der Waals surface area contributed by atoms with E-state index in [0.717, 1.165) is 0 Å². The smallest absolute Gasteiger partial charge is 0.411 e. The summed E-state index contributed by atoms with van der Waals surface area (Å²) < 4.78 is 9.84. The lowest BCUT2D eigenvalue weighted by Crippen LogP contribution is -2.70. The maximum atomic E-state index is 12.7. The number of benzene rings is 1. The highest BCUT2D eigenvalue weighted by atomic mass is 16.6. The molecule has 31 heavy (non-hydrogen) atoms. The van der Waals surface area contributed by atoms with E-state index in [1.165, 1.54) is 31.2 Å². The summed E-state index contributed by atoms with van der Waals surface area (Å²) in [6.07, 6.45) is -7.75. The Bertz CT molecular complexity index is 825. The van der Waals surface area contributed by atoms with Crippen molar-refractivity contribution in [1.29, 1.82) is 0 Å². The van der Waals surface area contributed by atoms with Crippen LogP contribution >= 0.6 is 0 Å². The molecule has 1 aliphatic heterocycles. The molecule has 1 saturated heterocycles. The van der Waals surface area contributed by atoms with E-state index in [0.29, 0.717) is 10.5 Å². The fraction of sp³-hybridized carbons (Fsp3) is 0.474. The minimum atomic E-state index is -2.05. The largest absolute Gasteiger partial charge is 0.480 e. The van der Waals surface area contributed by atoms with Gasteiger partial charge in [-0.3, -0.25) is 9.69 Å². The van der Waals surface area contributed by atoms with Gasteiger partial charge >= 0.3 is 24.0 Å². The molecule has 1 aliphatic rings. The number of aliphatic hydroxyl groups excluding tert-OH is 3. The van der Waals surface area contributed by atoms with Crippen molar-refractivity contribution < 1.29 is 54.2 Å². The molecule has 12 heteroatoms. The number of aliphatic hydroxyl groups is 3. The Kier molecular flexibility index (Phi) is 7.91. The number of aliphatic carboxylic acids is 1. The van der Waals surface area contributed by atoms with Crippen LogP contribution in [0.4, 0.5) is 4.79 Å². The summed E-state index contributed by atoms with van der Waals surface area (Å²) >= 11 is 0. The van der Waals surface area contributed by atoms with Gasteiger partial charge in [-0.1, -0.05) is 12.1 Å². The molecule has 0 spiro atoms. The van der Waals surface area contributed by atoms with Crippen LogP contribution in [0.2, 0.25) is 0 Å². The van der Waals surface area contributed by atoms with Crippen LogP contribution in [-0.4, -0.2) is 91.4 Å². The number of likely N-dealkylation sites (tertiary alicyclic amines) is 1. The molecule has 1 aromatic carbocycles. The Morgan fingerprint density at radius 2 is 1.55 bits per heavy atom. The van der Waals surface area contributed by atoms with Crippen LogP contribution in [-0.2, 0) is 25.7 Å². The van der Waals surface area contributed by atoms with Crippen molar-refractivity contribution in [3.05, 3.63) is 35.4 Å². The molecule has 5 atom stereocenters. The molecule has 0 aliphatic carbocycles. The van der Waals surface area contributed by atoms with E-state index in [2.05, 4.69) is 0 Å². The van der Waals surface area contributed by atoms with E-state index < -0.39 is 60.8 Å². The molecule has 1 amide bonds. The highest BCUT2D eigenvalue weighted by Gasteiger charge is 2.54. The number of aromatic carboxylic acids is 1. The van der Waals surface area contributed by atoms with E-state index >= 15 is 0 Å². The zero-order chi connectivity index (χ0) is 23.3. The van der Waals surface area contributed by atoms with Crippen LogP contribution in [0.25, 0.3) is 0 Å². The zero-order valence-electron chi connectivity index (χ0n) is 16.5. The molecule has 0 saturated carbocycles. The number of amides is 1. The molecule has 5 N–H and O–H groups in total. The van der Waals surface area contributed by atoms with Crippen molar-refractivity contribution in [2.24, 2.45) is 0 Å². The van der Waals surface area contributed by atoms with Gasteiger partial charge in [0.1, 0.15) is 24.9 Å². The van der Waals surface area contributed by atoms with Crippen molar-refractivity contribution in [2.45, 2.75) is 50.3 Å². The first-order chi connectivity index (χ1) is 14.6. The minimum absolute atomic E-state index is 0.00628. The molecular formula is C19H23NO11. The van der Waals surface area contributed by atoms with E-state index in [4.69, 9.17) is 14.6 Å². The van der Waals surface area contributed by atoms with Gasteiger partial charge in [-0.05, 0) is 24.6 Å². The van der Waals surface area contributed by atoms with Crippen molar-refractivity contribution in [2.75, 3.05) is 6.61 Å². The summed E-state index contributed by atoms with van der Waals surface area (Å²) in [5, 5.41) is 48.8. The quantitative estimate of drug-likeness (QED) is 0.333. The topological polar surface area (TPSA) is 191 Å². The van der Waals surface area contributed by atoms with Crippen LogP contribution in [0.1, 0.15) is 29.3 Å². The van der Waals surface area contributed by atoms with Crippen LogP contribution in [0.5, 0.6) is 0 Å². The SMILES string of the molecule is CCOC(=O)C[C@H]1[C@H](O)[C@@H](O)[C@H](O)[C@H](C(=O)O)N1C(=O)OCc1ccc(C(=O)O)cc1. The molecule has 0 bridgehead atoms. The van der Waals surface area contributed by atoms with Gasteiger partial charge in [0.2, 0.25) is 0 Å². The lowest BCUT2D eigenvalue weighted by atomic mass is 9.86. The lowest BCUT2D eigenvalue weighted by Gasteiger charge is -2.46. The highest BCUT2D eigenvalue weighted by Crippen LogP contribution is 2.28. The number of carboxylic acid groups (broad SMARTS) is 2. The summed E-state index contributed by atoms with van der Waals surface area (Å²) in [6, 6.07) is 1.77. The molecule has 2 rings (SSSR count). The molecule has 0 unspecified atom stereocenters. The number of esters is 1. The van der Waals surface area contributed by atoms with Crippen molar-refractivity contribution in [1.82, 2.24) is 4.90 Å². The van der Waals surface area contributed by atoms with Crippen LogP contribution < -0.4 is 0 Å². The van der Waals surface area contributed by atoms with E-state index in [1.54, 1.807) is 0 Å². The van der Waals surface area contributed by atoms with Crippen molar-refractivity contribution >= 4 is 24.0 Å². The standard InChI is InChI=1S/C19H23NO11/c1-2-30-12(21)7-11-14(22)16(24)15(23)13(18(27)28)20(11)19(29)31-8-9-3-5-10(6-4-9)17(25)26/h3-6,11,13-16,22-24H,2,7-8H2,1H3,(H,25,26)(H,27,28)/t11-,13+,14-,15+,16+/m0/s1. The third-order valence-corrected chi connectivity index (χ3v) is 4.78. The van der Waals surface area contributed by atoms with E-state index in [-0.39, 0.29) is 18.8 Å². The number of rotatable bonds is 7. The third kappa shape index (κ3) is 5.48. The second-order valence-corrected chi connectivity index (χ2v) is 6.80. The number of carbonyl (C=O) groups excluding carboxylic acids is 2. The van der Waals surface area contributed by atoms with Gasteiger partial charge in [0.25, 0.3) is 0 Å². The Hall–Kier alpha value is -3.22. The molecule has 1 fully saturated rings. The molecule has 12 nitrogen and oxygen atoms in total. The number of hydrogen-bond acceptors (Lipinski definition) is 9. The monoisotopic (exact) mass is 441 g/mol. The molecule has 170 valence electrons. The highest BCUT2D eigenvalue weighted by molar-refractivity contribution is 5.87. The van der Waals surface area contributed by atoms with Gasteiger partial charge in [-0.25, -0.2) is 14.4 Å². The third-order valence-electron chi connectivity index (χ3n) is 4.78. The number of carboxylic acids is 2. The maximum absolute atomic E-state index is 12.7. The Balaban J connectivity index is 2.25. The van der Waals surface area contributed by atoms with Gasteiger partial charge < -0.3 is 35.0 Å². The minimum Gasteiger partial charge on any atom is -0.480 e. The number of hydrogen-bond donors (Lipinski definition) is 5. The Morgan fingerprint density at radius 3 is 2.06 bits per heavy atom. The first kappa shape index (κ1) is 24.1. The van der Waals surface area contributed by atoms with E-state index in [9.17, 15) is 39.6 Å². The predicted molar refractivity (Wildman–Crippen MR) is 99.9 cm³/mol. The zero-order valence-corrected chi connectivity index (χ0v) is 16.5. The van der Waals surface area contributed by atoms with Crippen molar-refractivity contribution in [3.8, 4) is 0 Å². The van der Waals surface area contributed by atoms with Gasteiger partial charge in [-0.2, -0.15) is 0 Å². The van der Waals surface area contributed by atoms with Gasteiger partial charge in [-0.15, -0.1) is 0 Å². The molecule has 0 radical (unpaired) electrons. The lowest BCUT2D eigenvalue weighted by molar-refractivity contribution is -0.183. The number of piperidine rings is 1. The van der Waals surface area contributed by atoms with Gasteiger partial charge in [0.05, 0.1) is 24.6 Å². The molecule has 1 aromatic rings. The maximum Gasteiger partial charge on any atom is 0.411 e. The molecule has 0 aromatic heterocycles. The summed E-state index contributed by atoms with van der Waals surface area (Å²) in [7, 11) is 0. The first-order valence-electron chi connectivity index (χ1n) is 9.28.